The monoisotopic (exact) mass is 554 g/mol. The number of nitrogens with one attached hydrogen (secondary N) is 1. The molecule has 1 amide bonds. The Morgan fingerprint density at radius 2 is 1.74 bits per heavy atom. The first kappa shape index (κ1) is 26.4. The summed E-state index contributed by atoms with van der Waals surface area (Å²) in [5.74, 6) is 0.695. The third-order valence-corrected chi connectivity index (χ3v) is 6.93. The van der Waals surface area contributed by atoms with E-state index in [1.54, 1.807) is 18.3 Å². The number of phenolic OH excluding ortho intramolecular Hbond substituents is 1. The molecule has 0 atom stereocenters. The third-order valence-electron chi connectivity index (χ3n) is 6.93. The van der Waals surface area contributed by atoms with Crippen LogP contribution in [0.2, 0.25) is 0 Å². The van der Waals surface area contributed by atoms with Crippen LogP contribution in [0, 0.1) is 0 Å². The molecule has 3 aromatic heterocycles. The van der Waals surface area contributed by atoms with Crippen molar-refractivity contribution in [1.29, 1.82) is 0 Å². The summed E-state index contributed by atoms with van der Waals surface area (Å²) in [5, 5.41) is 12.8. The Kier molecular flexibility index (Phi) is 7.13. The van der Waals surface area contributed by atoms with Gasteiger partial charge >= 0.3 is 0 Å². The molecule has 0 unspecified atom stereocenters. The van der Waals surface area contributed by atoms with Gasteiger partial charge in [0.15, 0.2) is 17.8 Å². The molecule has 6 aromatic rings. The molecule has 4 N–H and O–H groups in total. The van der Waals surface area contributed by atoms with Gasteiger partial charge in [-0.25, -0.2) is 15.0 Å². The van der Waals surface area contributed by atoms with Crippen molar-refractivity contribution in [3.05, 3.63) is 114 Å². The number of carbonyl (C=O) groups is 2. The standard InChI is InChI=1S/C33H26N6O3/c34-31-26(7-4-18-35-31)32-38-28-16-15-27(22-5-2-1-3-6-22)37-33(28)39(32)25-13-11-24(12-14-25)36-30(42)17-9-21-8-10-23(20-40)29(41)19-21/h1-8,10-16,18-20,41H,9,17H2,(H2,34,35)(H,36,42). The van der Waals surface area contributed by atoms with Crippen molar-refractivity contribution in [3.8, 4) is 34.1 Å². The number of aromatic nitrogens is 4. The number of pyridine rings is 2. The van der Waals surface area contributed by atoms with Gasteiger partial charge in [-0.3, -0.25) is 14.2 Å². The summed E-state index contributed by atoms with van der Waals surface area (Å²) in [7, 11) is 0. The maximum atomic E-state index is 12.7. The number of nitrogen functional groups attached to an aromatic ring is 1. The number of fused-ring (bicyclic) bond motifs is 1. The van der Waals surface area contributed by atoms with Gasteiger partial charge in [0.1, 0.15) is 17.1 Å². The van der Waals surface area contributed by atoms with E-state index in [-0.39, 0.29) is 23.6 Å². The topological polar surface area (TPSA) is 136 Å². The van der Waals surface area contributed by atoms with Gasteiger partial charge < -0.3 is 16.2 Å². The summed E-state index contributed by atoms with van der Waals surface area (Å²) in [6.45, 7) is 0. The molecule has 0 aliphatic carbocycles. The van der Waals surface area contributed by atoms with Gasteiger partial charge in [-0.1, -0.05) is 36.4 Å². The maximum absolute atomic E-state index is 12.7. The van der Waals surface area contributed by atoms with E-state index >= 15 is 0 Å². The number of hydrogen-bond donors (Lipinski definition) is 3. The van der Waals surface area contributed by atoms with Crippen LogP contribution in [0.1, 0.15) is 22.3 Å². The number of benzene rings is 3. The summed E-state index contributed by atoms with van der Waals surface area (Å²) >= 11 is 0. The van der Waals surface area contributed by atoms with Gasteiger partial charge in [-0.2, -0.15) is 0 Å². The number of rotatable bonds is 8. The van der Waals surface area contributed by atoms with E-state index in [1.165, 1.54) is 6.07 Å². The fourth-order valence-electron chi connectivity index (χ4n) is 4.78. The van der Waals surface area contributed by atoms with E-state index < -0.39 is 0 Å². The van der Waals surface area contributed by atoms with E-state index in [0.29, 0.717) is 46.8 Å². The smallest absolute Gasteiger partial charge is 0.224 e. The van der Waals surface area contributed by atoms with Gasteiger partial charge in [0.2, 0.25) is 5.91 Å². The Morgan fingerprint density at radius 1 is 0.929 bits per heavy atom. The molecule has 3 aromatic carbocycles. The number of aldehydes is 1. The SMILES string of the molecule is Nc1ncccc1-c1nc2ccc(-c3ccccc3)nc2n1-c1ccc(NC(=O)CCc2ccc(C=O)c(O)c2)cc1. The molecule has 9 nitrogen and oxygen atoms in total. The molecule has 42 heavy (non-hydrogen) atoms. The number of aromatic hydroxyl groups is 1. The Bertz CT molecular complexity index is 1920. The molecule has 0 spiro atoms. The minimum absolute atomic E-state index is 0.0942. The lowest BCUT2D eigenvalue weighted by molar-refractivity contribution is -0.116. The summed E-state index contributed by atoms with van der Waals surface area (Å²) in [4.78, 5) is 37.7. The van der Waals surface area contributed by atoms with Crippen LogP contribution in [-0.4, -0.2) is 36.8 Å². The van der Waals surface area contributed by atoms with Crippen molar-refractivity contribution in [3.63, 3.8) is 0 Å². The van der Waals surface area contributed by atoms with Crippen LogP contribution in [0.4, 0.5) is 11.5 Å². The molecular weight excluding hydrogens is 528 g/mol. The number of nitrogens with two attached hydrogens (primary N) is 1. The van der Waals surface area contributed by atoms with E-state index in [9.17, 15) is 14.7 Å². The first-order valence-corrected chi connectivity index (χ1v) is 13.3. The van der Waals surface area contributed by atoms with Gasteiger partial charge in [0, 0.05) is 29.6 Å². The van der Waals surface area contributed by atoms with E-state index in [2.05, 4.69) is 10.3 Å². The molecule has 0 saturated carbocycles. The molecule has 6 rings (SSSR count). The first-order valence-electron chi connectivity index (χ1n) is 13.3. The number of amides is 1. The molecule has 9 heteroatoms. The second-order valence-corrected chi connectivity index (χ2v) is 9.72. The molecule has 0 radical (unpaired) electrons. The number of phenols is 1. The number of hydrogen-bond acceptors (Lipinski definition) is 7. The predicted octanol–water partition coefficient (Wildman–Crippen LogP) is 5.82. The van der Waals surface area contributed by atoms with Crippen LogP contribution in [0.15, 0.2) is 103 Å². The minimum Gasteiger partial charge on any atom is -0.507 e. The highest BCUT2D eigenvalue weighted by Gasteiger charge is 2.19. The molecule has 3 heterocycles. The normalized spacial score (nSPS) is 11.0. The van der Waals surface area contributed by atoms with Crippen molar-refractivity contribution in [2.24, 2.45) is 0 Å². The number of aryl methyl sites for hydroxylation is 1. The van der Waals surface area contributed by atoms with Crippen molar-refractivity contribution in [1.82, 2.24) is 19.5 Å². The number of nitrogens with zero attached hydrogens (tertiary/aromatic N) is 4. The highest BCUT2D eigenvalue weighted by molar-refractivity contribution is 5.91. The van der Waals surface area contributed by atoms with Crippen molar-refractivity contribution in [2.45, 2.75) is 12.8 Å². The van der Waals surface area contributed by atoms with Crippen LogP contribution < -0.4 is 11.1 Å². The number of carbonyl (C=O) groups excluding carboxylic acids is 2. The third kappa shape index (κ3) is 5.31. The van der Waals surface area contributed by atoms with Crippen LogP contribution in [-0.2, 0) is 11.2 Å². The Balaban J connectivity index is 1.30. The van der Waals surface area contributed by atoms with E-state index in [4.69, 9.17) is 15.7 Å². The summed E-state index contributed by atoms with van der Waals surface area (Å²) in [5.41, 5.74) is 12.5. The van der Waals surface area contributed by atoms with Crippen molar-refractivity contribution in [2.75, 3.05) is 11.1 Å². The molecule has 0 aliphatic heterocycles. The number of imidazole rings is 1. The second-order valence-electron chi connectivity index (χ2n) is 9.72. The molecule has 0 fully saturated rings. The van der Waals surface area contributed by atoms with Gasteiger partial charge in [0.25, 0.3) is 0 Å². The fraction of sp³-hybridized carbons (Fsp3) is 0.0606. The van der Waals surface area contributed by atoms with Gasteiger partial charge in [-0.15, -0.1) is 0 Å². The van der Waals surface area contributed by atoms with Crippen LogP contribution >= 0.6 is 0 Å². The quantitative estimate of drug-likeness (QED) is 0.202. The fourth-order valence-corrected chi connectivity index (χ4v) is 4.78. The summed E-state index contributed by atoms with van der Waals surface area (Å²) < 4.78 is 1.94. The zero-order valence-corrected chi connectivity index (χ0v) is 22.4. The zero-order chi connectivity index (χ0) is 29.1. The Hall–Kier alpha value is -5.83. The van der Waals surface area contributed by atoms with Crippen molar-refractivity contribution < 1.29 is 14.7 Å². The minimum atomic E-state index is -0.173. The number of anilines is 2. The van der Waals surface area contributed by atoms with E-state index in [0.717, 1.165) is 22.5 Å². The van der Waals surface area contributed by atoms with Crippen LogP contribution in [0.3, 0.4) is 0 Å². The lowest BCUT2D eigenvalue weighted by atomic mass is 10.1. The largest absolute Gasteiger partial charge is 0.507 e. The van der Waals surface area contributed by atoms with E-state index in [1.807, 2.05) is 83.4 Å². The lowest BCUT2D eigenvalue weighted by Crippen LogP contribution is -2.12. The highest BCUT2D eigenvalue weighted by Crippen LogP contribution is 2.32. The van der Waals surface area contributed by atoms with Crippen LogP contribution in [0.25, 0.3) is 39.5 Å². The maximum Gasteiger partial charge on any atom is 0.224 e. The second kappa shape index (κ2) is 11.3. The average Bonchev–Trinajstić information content (AvgIpc) is 3.40. The van der Waals surface area contributed by atoms with Gasteiger partial charge in [0.05, 0.1) is 16.8 Å². The Morgan fingerprint density at radius 3 is 2.48 bits per heavy atom. The Labute approximate surface area is 241 Å². The average molecular weight is 555 g/mol. The molecule has 0 bridgehead atoms. The van der Waals surface area contributed by atoms with Gasteiger partial charge in [-0.05, 0) is 72.6 Å². The molecule has 0 saturated heterocycles. The summed E-state index contributed by atoms with van der Waals surface area (Å²) in [6, 6.07) is 29.7. The summed E-state index contributed by atoms with van der Waals surface area (Å²) in [6.07, 6.45) is 2.86. The first-order chi connectivity index (χ1) is 20.5. The highest BCUT2D eigenvalue weighted by atomic mass is 16.3. The zero-order valence-electron chi connectivity index (χ0n) is 22.4. The van der Waals surface area contributed by atoms with Crippen molar-refractivity contribution >= 4 is 34.9 Å². The molecular formula is C33H26N6O3. The predicted molar refractivity (Wildman–Crippen MR) is 162 cm³/mol. The van der Waals surface area contributed by atoms with Crippen LogP contribution in [0.5, 0.6) is 5.75 Å². The molecule has 206 valence electrons. The lowest BCUT2D eigenvalue weighted by Gasteiger charge is -2.12. The molecule has 0 aliphatic rings.